The average Bonchev–Trinajstić information content (AvgIpc) is 2.32. The van der Waals surface area contributed by atoms with Gasteiger partial charge in [-0.05, 0) is 36.2 Å². The summed E-state index contributed by atoms with van der Waals surface area (Å²) in [5, 5.41) is 0. The topological polar surface area (TPSA) is 42.2 Å². The van der Waals surface area contributed by atoms with Crippen molar-refractivity contribution in [3.8, 4) is 0 Å². The van der Waals surface area contributed by atoms with Crippen LogP contribution in [0.2, 0.25) is 0 Å². The van der Waals surface area contributed by atoms with Crippen LogP contribution in [0.3, 0.4) is 0 Å². The van der Waals surface area contributed by atoms with Crippen LogP contribution in [0, 0.1) is 12.7 Å². The van der Waals surface area contributed by atoms with E-state index in [-0.39, 0.29) is 5.82 Å². The van der Waals surface area contributed by atoms with Crippen molar-refractivity contribution < 1.29 is 4.39 Å². The molecule has 0 aliphatic carbocycles. The van der Waals surface area contributed by atoms with E-state index in [1.54, 1.807) is 12.3 Å². The van der Waals surface area contributed by atoms with Crippen molar-refractivity contribution in [2.75, 3.05) is 17.7 Å². The molecular weight excluding hydrogens is 229 g/mol. The van der Waals surface area contributed by atoms with Gasteiger partial charge in [-0.1, -0.05) is 12.1 Å². The molecule has 2 aromatic rings. The number of aryl methyl sites for hydroxylation is 1. The minimum Gasteiger partial charge on any atom is -0.396 e. The first-order valence-electron chi connectivity index (χ1n) is 5.74. The summed E-state index contributed by atoms with van der Waals surface area (Å²) in [6.07, 6.45) is 1.73. The lowest BCUT2D eigenvalue weighted by Crippen LogP contribution is -2.19. The van der Waals surface area contributed by atoms with E-state index in [0.717, 1.165) is 16.9 Å². The molecule has 94 valence electrons. The second-order valence-electron chi connectivity index (χ2n) is 4.35. The molecule has 0 unspecified atom stereocenters. The Hall–Kier alpha value is -2.10. The van der Waals surface area contributed by atoms with Gasteiger partial charge in [0.2, 0.25) is 0 Å². The maximum Gasteiger partial charge on any atom is 0.152 e. The number of hydrogen-bond donors (Lipinski definition) is 1. The molecule has 0 fully saturated rings. The Labute approximate surface area is 106 Å². The van der Waals surface area contributed by atoms with Gasteiger partial charge in [0.05, 0.1) is 5.69 Å². The Bertz CT molecular complexity index is 554. The predicted octanol–water partition coefficient (Wildman–Crippen LogP) is 2.75. The molecule has 1 aromatic carbocycles. The van der Waals surface area contributed by atoms with Gasteiger partial charge in [-0.15, -0.1) is 0 Å². The molecule has 0 aliphatic rings. The molecule has 3 nitrogen and oxygen atoms in total. The molecule has 0 atom stereocenters. The molecule has 0 bridgehead atoms. The van der Waals surface area contributed by atoms with E-state index in [0.29, 0.717) is 12.2 Å². The first-order chi connectivity index (χ1) is 8.58. The summed E-state index contributed by atoms with van der Waals surface area (Å²) in [5.41, 5.74) is 8.53. The fourth-order valence-electron chi connectivity index (χ4n) is 1.84. The molecule has 1 heterocycles. The number of halogens is 1. The van der Waals surface area contributed by atoms with Gasteiger partial charge >= 0.3 is 0 Å². The van der Waals surface area contributed by atoms with Gasteiger partial charge in [-0.3, -0.25) is 0 Å². The molecule has 2 N–H and O–H groups in total. The van der Waals surface area contributed by atoms with Crippen molar-refractivity contribution in [2.45, 2.75) is 13.5 Å². The van der Waals surface area contributed by atoms with E-state index in [9.17, 15) is 4.39 Å². The van der Waals surface area contributed by atoms with Crippen molar-refractivity contribution in [1.29, 1.82) is 0 Å². The number of benzene rings is 1. The van der Waals surface area contributed by atoms with Crippen molar-refractivity contribution in [3.63, 3.8) is 0 Å². The molecule has 2 rings (SSSR count). The van der Waals surface area contributed by atoms with Crippen molar-refractivity contribution in [3.05, 3.63) is 53.5 Å². The van der Waals surface area contributed by atoms with Crippen molar-refractivity contribution in [1.82, 2.24) is 4.98 Å². The van der Waals surface area contributed by atoms with E-state index in [4.69, 9.17) is 5.73 Å². The molecule has 0 radical (unpaired) electrons. The van der Waals surface area contributed by atoms with Gasteiger partial charge in [0.25, 0.3) is 0 Å². The minimum absolute atomic E-state index is 0.230. The Morgan fingerprint density at radius 3 is 2.83 bits per heavy atom. The highest BCUT2D eigenvalue weighted by Crippen LogP contribution is 2.23. The third-order valence-corrected chi connectivity index (χ3v) is 2.86. The largest absolute Gasteiger partial charge is 0.396 e. The zero-order valence-corrected chi connectivity index (χ0v) is 10.5. The lowest BCUT2D eigenvalue weighted by atomic mass is 10.2. The van der Waals surface area contributed by atoms with Gasteiger partial charge in [-0.25, -0.2) is 9.37 Å². The minimum atomic E-state index is -0.230. The smallest absolute Gasteiger partial charge is 0.152 e. The molecule has 18 heavy (non-hydrogen) atoms. The number of nitrogen functional groups attached to an aromatic ring is 1. The summed E-state index contributed by atoms with van der Waals surface area (Å²) in [6.45, 7) is 2.51. The normalized spacial score (nSPS) is 10.4. The quantitative estimate of drug-likeness (QED) is 0.904. The Balaban J connectivity index is 2.22. The van der Waals surface area contributed by atoms with Gasteiger partial charge < -0.3 is 10.6 Å². The van der Waals surface area contributed by atoms with E-state index < -0.39 is 0 Å². The zero-order valence-electron chi connectivity index (χ0n) is 10.5. The third kappa shape index (κ3) is 2.59. The number of nitrogens with two attached hydrogens (primary N) is 1. The van der Waals surface area contributed by atoms with Gasteiger partial charge in [0, 0.05) is 19.8 Å². The molecule has 0 aliphatic heterocycles. The van der Waals surface area contributed by atoms with Crippen LogP contribution >= 0.6 is 0 Å². The van der Waals surface area contributed by atoms with E-state index in [1.807, 2.05) is 31.0 Å². The summed E-state index contributed by atoms with van der Waals surface area (Å²) in [7, 11) is 1.89. The fraction of sp³-hybridized carbons (Fsp3) is 0.214. The van der Waals surface area contributed by atoms with E-state index >= 15 is 0 Å². The van der Waals surface area contributed by atoms with Crippen molar-refractivity contribution >= 4 is 11.5 Å². The van der Waals surface area contributed by atoms with Gasteiger partial charge in [0.15, 0.2) is 5.82 Å². The number of aromatic nitrogens is 1. The summed E-state index contributed by atoms with van der Waals surface area (Å²) in [6, 6.07) is 8.40. The van der Waals surface area contributed by atoms with Crippen LogP contribution in [-0.4, -0.2) is 12.0 Å². The summed E-state index contributed by atoms with van der Waals surface area (Å²) in [4.78, 5) is 6.18. The SMILES string of the molecule is Cc1ccnc(N(C)Cc2cccc(F)c2)c1N. The highest BCUT2D eigenvalue weighted by molar-refractivity contribution is 5.66. The van der Waals surface area contributed by atoms with Crippen LogP contribution in [0.1, 0.15) is 11.1 Å². The first-order valence-corrected chi connectivity index (χ1v) is 5.74. The second kappa shape index (κ2) is 5.04. The molecule has 1 aromatic heterocycles. The van der Waals surface area contributed by atoms with Crippen LogP contribution in [0.4, 0.5) is 15.9 Å². The zero-order chi connectivity index (χ0) is 13.1. The molecule has 0 saturated heterocycles. The summed E-state index contributed by atoms with van der Waals surface area (Å²) in [5.74, 6) is 0.491. The molecule has 0 saturated carbocycles. The standard InChI is InChI=1S/C14H16FN3/c1-10-6-7-17-14(13(10)16)18(2)9-11-4-3-5-12(15)8-11/h3-8H,9,16H2,1-2H3. The molecule has 0 amide bonds. The van der Waals surface area contributed by atoms with Crippen LogP contribution in [-0.2, 0) is 6.54 Å². The van der Waals surface area contributed by atoms with Crippen molar-refractivity contribution in [2.24, 2.45) is 0 Å². The van der Waals surface area contributed by atoms with Gasteiger partial charge in [0.1, 0.15) is 5.82 Å². The highest BCUT2D eigenvalue weighted by Gasteiger charge is 2.09. The van der Waals surface area contributed by atoms with Crippen LogP contribution in [0.25, 0.3) is 0 Å². The number of pyridine rings is 1. The Kier molecular flexibility index (Phi) is 3.46. The second-order valence-corrected chi connectivity index (χ2v) is 4.35. The summed E-state index contributed by atoms with van der Waals surface area (Å²) >= 11 is 0. The van der Waals surface area contributed by atoms with Crippen LogP contribution < -0.4 is 10.6 Å². The molecule has 0 spiro atoms. The fourth-order valence-corrected chi connectivity index (χ4v) is 1.84. The number of nitrogens with zero attached hydrogens (tertiary/aromatic N) is 2. The van der Waals surface area contributed by atoms with Crippen LogP contribution in [0.5, 0.6) is 0 Å². The summed E-state index contributed by atoms with van der Waals surface area (Å²) < 4.78 is 13.1. The van der Waals surface area contributed by atoms with Crippen LogP contribution in [0.15, 0.2) is 36.5 Å². The Morgan fingerprint density at radius 1 is 1.33 bits per heavy atom. The van der Waals surface area contributed by atoms with E-state index in [2.05, 4.69) is 4.98 Å². The average molecular weight is 245 g/mol. The van der Waals surface area contributed by atoms with Gasteiger partial charge in [-0.2, -0.15) is 0 Å². The molecular formula is C14H16FN3. The maximum atomic E-state index is 13.1. The Morgan fingerprint density at radius 2 is 2.11 bits per heavy atom. The molecule has 4 heteroatoms. The lowest BCUT2D eigenvalue weighted by molar-refractivity contribution is 0.625. The highest BCUT2D eigenvalue weighted by atomic mass is 19.1. The monoisotopic (exact) mass is 245 g/mol. The maximum absolute atomic E-state index is 13.1. The number of hydrogen-bond acceptors (Lipinski definition) is 3. The lowest BCUT2D eigenvalue weighted by Gasteiger charge is -2.20. The number of rotatable bonds is 3. The van der Waals surface area contributed by atoms with E-state index in [1.165, 1.54) is 12.1 Å². The first kappa shape index (κ1) is 12.4. The number of anilines is 2. The third-order valence-electron chi connectivity index (χ3n) is 2.86. The predicted molar refractivity (Wildman–Crippen MR) is 71.9 cm³/mol.